The zero-order valence-electron chi connectivity index (χ0n) is 19.4. The molecule has 1 N–H and O–H groups in total. The number of hydrogen-bond donors (Lipinski definition) is 1. The highest BCUT2D eigenvalue weighted by Gasteiger charge is 2.42. The van der Waals surface area contributed by atoms with E-state index in [1.165, 1.54) is 16.7 Å². The van der Waals surface area contributed by atoms with Crippen LogP contribution in [0.15, 0.2) is 54.6 Å². The molecule has 31 heavy (non-hydrogen) atoms. The molecule has 1 fully saturated rings. The van der Waals surface area contributed by atoms with Gasteiger partial charge in [0.2, 0.25) is 11.8 Å². The molecule has 0 spiro atoms. The Morgan fingerprint density at radius 2 is 1.52 bits per heavy atom. The summed E-state index contributed by atoms with van der Waals surface area (Å²) in [6.45, 7) is 10.2. The molecule has 3 rings (SSSR count). The Balaban J connectivity index is 1.73. The summed E-state index contributed by atoms with van der Waals surface area (Å²) in [5, 5.41) is 3.05. The van der Waals surface area contributed by atoms with Gasteiger partial charge in [-0.1, -0.05) is 75.4 Å². The number of benzene rings is 2. The second-order valence-electron chi connectivity index (χ2n) is 10.00. The molecule has 2 amide bonds. The summed E-state index contributed by atoms with van der Waals surface area (Å²) in [4.78, 5) is 27.7. The van der Waals surface area contributed by atoms with E-state index in [1.807, 2.05) is 30.0 Å². The predicted octanol–water partition coefficient (Wildman–Crippen LogP) is 5.08. The Morgan fingerprint density at radius 1 is 0.935 bits per heavy atom. The molecule has 0 aromatic heterocycles. The van der Waals surface area contributed by atoms with Crippen LogP contribution < -0.4 is 5.32 Å². The molecule has 0 radical (unpaired) electrons. The van der Waals surface area contributed by atoms with Gasteiger partial charge in [-0.2, -0.15) is 0 Å². The normalized spacial score (nSPS) is 16.1. The Labute approximate surface area is 187 Å². The summed E-state index contributed by atoms with van der Waals surface area (Å²) in [5.41, 5.74) is 3.06. The van der Waals surface area contributed by atoms with E-state index in [0.717, 1.165) is 0 Å². The molecular weight excluding hydrogens is 384 g/mol. The van der Waals surface area contributed by atoms with Crippen LogP contribution in [0.3, 0.4) is 0 Å². The number of hydrogen-bond acceptors (Lipinski definition) is 2. The van der Waals surface area contributed by atoms with Gasteiger partial charge in [0.1, 0.15) is 0 Å². The lowest BCUT2D eigenvalue weighted by Gasteiger charge is -2.41. The molecule has 1 aliphatic rings. The van der Waals surface area contributed by atoms with Crippen molar-refractivity contribution in [1.29, 1.82) is 0 Å². The lowest BCUT2D eigenvalue weighted by atomic mass is 9.72. The van der Waals surface area contributed by atoms with Crippen molar-refractivity contribution in [2.24, 2.45) is 10.8 Å². The van der Waals surface area contributed by atoms with E-state index in [0.29, 0.717) is 45.3 Å². The van der Waals surface area contributed by atoms with Crippen LogP contribution in [0.1, 0.15) is 52.5 Å². The van der Waals surface area contributed by atoms with E-state index >= 15 is 0 Å². The number of carbonyl (C=O) groups is 2. The second-order valence-corrected chi connectivity index (χ2v) is 10.00. The van der Waals surface area contributed by atoms with Crippen molar-refractivity contribution in [3.63, 3.8) is 0 Å². The van der Waals surface area contributed by atoms with Gasteiger partial charge in [-0.15, -0.1) is 0 Å². The van der Waals surface area contributed by atoms with Gasteiger partial charge in [0.05, 0.1) is 5.41 Å². The predicted molar refractivity (Wildman–Crippen MR) is 127 cm³/mol. The van der Waals surface area contributed by atoms with Gasteiger partial charge in [0.15, 0.2) is 0 Å². The zero-order valence-corrected chi connectivity index (χ0v) is 19.4. The maximum Gasteiger partial charge on any atom is 0.226 e. The second kappa shape index (κ2) is 9.67. The van der Waals surface area contributed by atoms with Crippen LogP contribution in [0.25, 0.3) is 11.1 Å². The SMILES string of the molecule is CCNC(=O)C1(Cc2ccc(-c3ccccc3)cc2)CCN(C(=O)CC(C)(C)C)CC1. The van der Waals surface area contributed by atoms with E-state index < -0.39 is 5.41 Å². The number of nitrogens with one attached hydrogen (secondary N) is 1. The Morgan fingerprint density at radius 3 is 2.06 bits per heavy atom. The molecule has 0 aliphatic carbocycles. The summed E-state index contributed by atoms with van der Waals surface area (Å²) in [6, 6.07) is 18.9. The van der Waals surface area contributed by atoms with E-state index in [-0.39, 0.29) is 17.2 Å². The molecule has 0 bridgehead atoms. The molecule has 4 nitrogen and oxygen atoms in total. The lowest BCUT2D eigenvalue weighted by Crippen LogP contribution is -2.51. The smallest absolute Gasteiger partial charge is 0.226 e. The minimum atomic E-state index is -0.456. The first-order valence-electron chi connectivity index (χ1n) is 11.4. The average Bonchev–Trinajstić information content (AvgIpc) is 2.74. The van der Waals surface area contributed by atoms with Crippen molar-refractivity contribution in [2.75, 3.05) is 19.6 Å². The summed E-state index contributed by atoms with van der Waals surface area (Å²) in [7, 11) is 0. The number of likely N-dealkylation sites (tertiary alicyclic amines) is 1. The van der Waals surface area contributed by atoms with Crippen LogP contribution in [-0.2, 0) is 16.0 Å². The molecule has 2 aromatic carbocycles. The van der Waals surface area contributed by atoms with Gasteiger partial charge in [-0.25, -0.2) is 0 Å². The number of nitrogens with zero attached hydrogens (tertiary/aromatic N) is 1. The molecule has 1 heterocycles. The molecule has 1 aliphatic heterocycles. The number of rotatable bonds is 6. The third-order valence-electron chi connectivity index (χ3n) is 6.18. The van der Waals surface area contributed by atoms with Gasteiger partial charge in [0.25, 0.3) is 0 Å². The highest BCUT2D eigenvalue weighted by Crippen LogP contribution is 2.37. The molecule has 4 heteroatoms. The van der Waals surface area contributed by atoms with Crippen LogP contribution in [0.5, 0.6) is 0 Å². The fourth-order valence-corrected chi connectivity index (χ4v) is 4.42. The van der Waals surface area contributed by atoms with Crippen LogP contribution >= 0.6 is 0 Å². The van der Waals surface area contributed by atoms with Gasteiger partial charge in [0, 0.05) is 26.1 Å². The third kappa shape index (κ3) is 5.96. The molecular formula is C27H36N2O2. The van der Waals surface area contributed by atoms with Crippen LogP contribution in [0, 0.1) is 10.8 Å². The van der Waals surface area contributed by atoms with Crippen LogP contribution in [-0.4, -0.2) is 36.3 Å². The quantitative estimate of drug-likeness (QED) is 0.709. The van der Waals surface area contributed by atoms with Crippen molar-refractivity contribution >= 4 is 11.8 Å². The molecule has 0 unspecified atom stereocenters. The van der Waals surface area contributed by atoms with Crippen molar-refractivity contribution in [2.45, 2.75) is 53.4 Å². The molecule has 2 aromatic rings. The van der Waals surface area contributed by atoms with Crippen LogP contribution in [0.4, 0.5) is 0 Å². The minimum Gasteiger partial charge on any atom is -0.356 e. The molecule has 166 valence electrons. The first-order chi connectivity index (χ1) is 14.7. The molecule has 1 saturated heterocycles. The van der Waals surface area contributed by atoms with Crippen molar-refractivity contribution in [3.8, 4) is 11.1 Å². The summed E-state index contributed by atoms with van der Waals surface area (Å²) < 4.78 is 0. The van der Waals surface area contributed by atoms with Crippen molar-refractivity contribution in [1.82, 2.24) is 10.2 Å². The number of carbonyl (C=O) groups excluding carboxylic acids is 2. The maximum absolute atomic E-state index is 13.1. The molecule has 0 saturated carbocycles. The van der Waals surface area contributed by atoms with Crippen molar-refractivity contribution < 1.29 is 9.59 Å². The highest BCUT2D eigenvalue weighted by atomic mass is 16.2. The van der Waals surface area contributed by atoms with E-state index in [2.05, 4.69) is 62.5 Å². The Kier molecular flexibility index (Phi) is 7.19. The fraction of sp³-hybridized carbons (Fsp3) is 0.481. The lowest BCUT2D eigenvalue weighted by molar-refractivity contribution is -0.141. The number of piperidine rings is 1. The Bertz CT molecular complexity index is 874. The third-order valence-corrected chi connectivity index (χ3v) is 6.18. The molecule has 0 atom stereocenters. The van der Waals surface area contributed by atoms with Gasteiger partial charge < -0.3 is 10.2 Å². The topological polar surface area (TPSA) is 49.4 Å². The van der Waals surface area contributed by atoms with Gasteiger partial charge in [-0.3, -0.25) is 9.59 Å². The van der Waals surface area contributed by atoms with Gasteiger partial charge in [-0.05, 0) is 48.3 Å². The summed E-state index contributed by atoms with van der Waals surface area (Å²) in [5.74, 6) is 0.314. The van der Waals surface area contributed by atoms with Crippen molar-refractivity contribution in [3.05, 3.63) is 60.2 Å². The Hall–Kier alpha value is -2.62. The monoisotopic (exact) mass is 420 g/mol. The summed E-state index contributed by atoms with van der Waals surface area (Å²) in [6.07, 6.45) is 2.65. The zero-order chi connectivity index (χ0) is 22.5. The van der Waals surface area contributed by atoms with E-state index in [1.54, 1.807) is 0 Å². The average molecular weight is 421 g/mol. The first-order valence-corrected chi connectivity index (χ1v) is 11.4. The van der Waals surface area contributed by atoms with Gasteiger partial charge >= 0.3 is 0 Å². The standard InChI is InChI=1S/C27H36N2O2/c1-5-28-25(31)27(15-17-29(18-16-27)24(30)20-26(2,3)4)19-21-11-13-23(14-12-21)22-9-7-6-8-10-22/h6-14H,5,15-20H2,1-4H3,(H,28,31). The van der Waals surface area contributed by atoms with Crippen LogP contribution in [0.2, 0.25) is 0 Å². The van der Waals surface area contributed by atoms with E-state index in [9.17, 15) is 9.59 Å². The van der Waals surface area contributed by atoms with E-state index in [4.69, 9.17) is 0 Å². The first kappa shape index (κ1) is 23.1. The summed E-state index contributed by atoms with van der Waals surface area (Å²) >= 11 is 0. The number of amides is 2. The maximum atomic E-state index is 13.1. The highest BCUT2D eigenvalue weighted by molar-refractivity contribution is 5.84. The largest absolute Gasteiger partial charge is 0.356 e. The fourth-order valence-electron chi connectivity index (χ4n) is 4.42. The minimum absolute atomic E-state index is 0.0221.